The fourth-order valence-corrected chi connectivity index (χ4v) is 2.47. The Morgan fingerprint density at radius 2 is 1.57 bits per heavy atom. The number of hydrogen-bond acceptors (Lipinski definition) is 3. The molecule has 3 nitrogen and oxygen atoms in total. The van der Waals surface area contributed by atoms with Gasteiger partial charge in [0, 0.05) is 5.69 Å². The molecule has 3 heteroatoms. The number of para-hydroxylation sites is 3. The van der Waals surface area contributed by atoms with E-state index in [-0.39, 0.29) is 0 Å². The highest BCUT2D eigenvalue weighted by Crippen LogP contribution is 2.18. The van der Waals surface area contributed by atoms with Gasteiger partial charge in [-0.15, -0.1) is 0 Å². The standard InChI is InChI=1S/C18H19N3/c1-3-14-8-4-5-9-15(14)19-12-18-13(2)20-16-10-6-7-11-17(16)21-18/h4-11,19H,3,12H2,1-2H3. The maximum atomic E-state index is 4.72. The Balaban J connectivity index is 1.86. The maximum Gasteiger partial charge on any atom is 0.0891 e. The molecular weight excluding hydrogens is 258 g/mol. The summed E-state index contributed by atoms with van der Waals surface area (Å²) in [5, 5.41) is 3.48. The zero-order chi connectivity index (χ0) is 14.7. The molecule has 0 atom stereocenters. The lowest BCUT2D eigenvalue weighted by atomic mass is 10.1. The third-order valence-electron chi connectivity index (χ3n) is 3.69. The highest BCUT2D eigenvalue weighted by atomic mass is 14.9. The number of anilines is 1. The first kappa shape index (κ1) is 13.6. The number of hydrogen-bond donors (Lipinski definition) is 1. The zero-order valence-corrected chi connectivity index (χ0v) is 12.4. The second-order valence-corrected chi connectivity index (χ2v) is 5.11. The summed E-state index contributed by atoms with van der Waals surface area (Å²) >= 11 is 0. The van der Waals surface area contributed by atoms with Crippen LogP contribution in [0.1, 0.15) is 23.9 Å². The predicted octanol–water partition coefficient (Wildman–Crippen LogP) is 4.11. The van der Waals surface area contributed by atoms with Crippen LogP contribution in [-0.4, -0.2) is 9.97 Å². The Bertz CT molecular complexity index is 765. The number of nitrogens with one attached hydrogen (secondary N) is 1. The molecule has 0 amide bonds. The Kier molecular flexibility index (Phi) is 3.82. The largest absolute Gasteiger partial charge is 0.379 e. The Morgan fingerprint density at radius 1 is 0.905 bits per heavy atom. The van der Waals surface area contributed by atoms with Crippen molar-refractivity contribution in [2.75, 3.05) is 5.32 Å². The summed E-state index contributed by atoms with van der Waals surface area (Å²) in [4.78, 5) is 9.35. The minimum absolute atomic E-state index is 0.695. The van der Waals surface area contributed by atoms with Crippen LogP contribution in [-0.2, 0) is 13.0 Å². The lowest BCUT2D eigenvalue weighted by Crippen LogP contribution is -2.07. The normalized spacial score (nSPS) is 10.8. The van der Waals surface area contributed by atoms with E-state index >= 15 is 0 Å². The molecular formula is C18H19N3. The minimum atomic E-state index is 0.695. The first-order valence-electron chi connectivity index (χ1n) is 7.32. The number of benzene rings is 2. The molecule has 2 aromatic carbocycles. The molecule has 0 aliphatic rings. The third-order valence-corrected chi connectivity index (χ3v) is 3.69. The average molecular weight is 277 g/mol. The van der Waals surface area contributed by atoms with Crippen molar-refractivity contribution in [2.24, 2.45) is 0 Å². The number of nitrogens with zero attached hydrogens (tertiary/aromatic N) is 2. The topological polar surface area (TPSA) is 37.8 Å². The van der Waals surface area contributed by atoms with Crippen molar-refractivity contribution in [1.82, 2.24) is 9.97 Å². The zero-order valence-electron chi connectivity index (χ0n) is 12.4. The summed E-state index contributed by atoms with van der Waals surface area (Å²) in [6, 6.07) is 16.4. The van der Waals surface area contributed by atoms with E-state index in [2.05, 4.69) is 41.5 Å². The van der Waals surface area contributed by atoms with Crippen LogP contribution in [0.15, 0.2) is 48.5 Å². The molecule has 0 saturated heterocycles. The van der Waals surface area contributed by atoms with Gasteiger partial charge >= 0.3 is 0 Å². The van der Waals surface area contributed by atoms with Gasteiger partial charge in [0.15, 0.2) is 0 Å². The lowest BCUT2D eigenvalue weighted by Gasteiger charge is -2.12. The van der Waals surface area contributed by atoms with Gasteiger partial charge in [-0.2, -0.15) is 0 Å². The van der Waals surface area contributed by atoms with Gasteiger partial charge in [0.25, 0.3) is 0 Å². The summed E-state index contributed by atoms with van der Waals surface area (Å²) in [6.07, 6.45) is 1.02. The van der Waals surface area contributed by atoms with E-state index in [9.17, 15) is 0 Å². The van der Waals surface area contributed by atoms with Gasteiger partial charge < -0.3 is 5.32 Å². The highest BCUT2D eigenvalue weighted by Gasteiger charge is 2.06. The van der Waals surface area contributed by atoms with Gasteiger partial charge in [-0.3, -0.25) is 0 Å². The second kappa shape index (κ2) is 5.92. The van der Waals surface area contributed by atoms with E-state index in [1.165, 1.54) is 11.3 Å². The smallest absolute Gasteiger partial charge is 0.0891 e. The number of fused-ring (bicyclic) bond motifs is 1. The highest BCUT2D eigenvalue weighted by molar-refractivity contribution is 5.74. The van der Waals surface area contributed by atoms with Gasteiger partial charge in [-0.1, -0.05) is 37.3 Å². The van der Waals surface area contributed by atoms with E-state index in [0.29, 0.717) is 6.54 Å². The monoisotopic (exact) mass is 277 g/mol. The van der Waals surface area contributed by atoms with Crippen LogP contribution in [0.3, 0.4) is 0 Å². The van der Waals surface area contributed by atoms with Crippen molar-refractivity contribution in [3.63, 3.8) is 0 Å². The van der Waals surface area contributed by atoms with E-state index in [1.54, 1.807) is 0 Å². The SMILES string of the molecule is CCc1ccccc1NCc1nc2ccccc2nc1C. The van der Waals surface area contributed by atoms with Gasteiger partial charge in [0.2, 0.25) is 0 Å². The Morgan fingerprint density at radius 3 is 2.33 bits per heavy atom. The molecule has 3 rings (SSSR count). The number of aromatic nitrogens is 2. The molecule has 0 saturated carbocycles. The van der Waals surface area contributed by atoms with Crippen molar-refractivity contribution in [3.05, 3.63) is 65.5 Å². The van der Waals surface area contributed by atoms with Gasteiger partial charge in [-0.25, -0.2) is 9.97 Å². The van der Waals surface area contributed by atoms with Crippen molar-refractivity contribution in [1.29, 1.82) is 0 Å². The quantitative estimate of drug-likeness (QED) is 0.779. The van der Waals surface area contributed by atoms with E-state index in [4.69, 9.17) is 4.98 Å². The molecule has 1 aromatic heterocycles. The van der Waals surface area contributed by atoms with Crippen LogP contribution in [0, 0.1) is 6.92 Å². The molecule has 0 aliphatic heterocycles. The minimum Gasteiger partial charge on any atom is -0.379 e. The molecule has 21 heavy (non-hydrogen) atoms. The third kappa shape index (κ3) is 2.87. The van der Waals surface area contributed by atoms with Crippen molar-refractivity contribution >= 4 is 16.7 Å². The molecule has 0 unspecified atom stereocenters. The van der Waals surface area contributed by atoms with Crippen LogP contribution in [0.2, 0.25) is 0 Å². The van der Waals surface area contributed by atoms with Crippen LogP contribution in [0.5, 0.6) is 0 Å². The fourth-order valence-electron chi connectivity index (χ4n) is 2.47. The molecule has 0 radical (unpaired) electrons. The molecule has 0 fully saturated rings. The van der Waals surface area contributed by atoms with Crippen molar-refractivity contribution in [2.45, 2.75) is 26.8 Å². The first-order valence-corrected chi connectivity index (χ1v) is 7.32. The first-order chi connectivity index (χ1) is 10.3. The summed E-state index contributed by atoms with van der Waals surface area (Å²) in [7, 11) is 0. The van der Waals surface area contributed by atoms with Crippen LogP contribution in [0.25, 0.3) is 11.0 Å². The van der Waals surface area contributed by atoms with Crippen LogP contribution in [0.4, 0.5) is 5.69 Å². The average Bonchev–Trinajstić information content (AvgIpc) is 2.53. The predicted molar refractivity (Wildman–Crippen MR) is 87.4 cm³/mol. The molecule has 1 heterocycles. The van der Waals surface area contributed by atoms with Crippen LogP contribution < -0.4 is 5.32 Å². The molecule has 0 spiro atoms. The summed E-state index contributed by atoms with van der Waals surface area (Å²) in [6.45, 7) is 4.88. The van der Waals surface area contributed by atoms with E-state index in [0.717, 1.165) is 28.8 Å². The fraction of sp³-hybridized carbons (Fsp3) is 0.222. The Labute approximate surface area is 125 Å². The van der Waals surface area contributed by atoms with Crippen molar-refractivity contribution < 1.29 is 0 Å². The molecule has 0 bridgehead atoms. The molecule has 0 aliphatic carbocycles. The molecule has 3 aromatic rings. The van der Waals surface area contributed by atoms with Gasteiger partial charge in [0.05, 0.1) is 29.0 Å². The summed E-state index contributed by atoms with van der Waals surface area (Å²) < 4.78 is 0. The van der Waals surface area contributed by atoms with Crippen LogP contribution >= 0.6 is 0 Å². The summed E-state index contributed by atoms with van der Waals surface area (Å²) in [5.74, 6) is 0. The summed E-state index contributed by atoms with van der Waals surface area (Å²) in [5.41, 5.74) is 6.38. The number of rotatable bonds is 4. The molecule has 1 N–H and O–H groups in total. The van der Waals surface area contributed by atoms with Gasteiger partial charge in [0.1, 0.15) is 0 Å². The van der Waals surface area contributed by atoms with Gasteiger partial charge in [-0.05, 0) is 37.1 Å². The van der Waals surface area contributed by atoms with E-state index in [1.807, 2.05) is 31.2 Å². The molecule has 106 valence electrons. The Hall–Kier alpha value is -2.42. The maximum absolute atomic E-state index is 4.72. The van der Waals surface area contributed by atoms with E-state index < -0.39 is 0 Å². The lowest BCUT2D eigenvalue weighted by molar-refractivity contribution is 0.990. The second-order valence-electron chi connectivity index (χ2n) is 5.11. The van der Waals surface area contributed by atoms with Crippen molar-refractivity contribution in [3.8, 4) is 0 Å². The number of aryl methyl sites for hydroxylation is 2.